The molecule has 3 heterocycles. The Balaban J connectivity index is 1.53. The van der Waals surface area contributed by atoms with E-state index < -0.39 is 71.1 Å². The molecule has 3 aliphatic heterocycles. The molecular formula is C31H39N3O11S. The highest BCUT2D eigenvalue weighted by Gasteiger charge is 2.55. The molecule has 0 radical (unpaired) electrons. The first kappa shape index (κ1) is 34.6. The number of ether oxygens (including phenoxy) is 5. The van der Waals surface area contributed by atoms with E-state index in [0.717, 1.165) is 10.5 Å². The van der Waals surface area contributed by atoms with Crippen molar-refractivity contribution in [3.05, 3.63) is 40.6 Å². The maximum atomic E-state index is 13.7. The predicted octanol–water partition coefficient (Wildman–Crippen LogP) is 2.49. The largest absolute Gasteiger partial charge is 0.493 e. The summed E-state index contributed by atoms with van der Waals surface area (Å²) in [4.78, 5) is 77.9. The van der Waals surface area contributed by atoms with Crippen LogP contribution < -0.4 is 15.4 Å². The Morgan fingerprint density at radius 3 is 2.43 bits per heavy atom. The van der Waals surface area contributed by atoms with Crippen LogP contribution in [0.15, 0.2) is 29.5 Å². The maximum absolute atomic E-state index is 13.7. The van der Waals surface area contributed by atoms with Crippen LogP contribution in [0.3, 0.4) is 0 Å². The van der Waals surface area contributed by atoms with Gasteiger partial charge in [-0.25, -0.2) is 9.59 Å². The summed E-state index contributed by atoms with van der Waals surface area (Å²) in [5.41, 5.74) is -0.170. The van der Waals surface area contributed by atoms with Crippen LogP contribution in [-0.2, 0) is 49.3 Å². The SMILES string of the molecule is CC(=O)OCC1=C(C(=O)OCOC(=O)C(C)(C)C)N2C(=O)C(NC(=O)C(NC(=O)OC(C)(C)C)c3ccc4c(c3)CCO4)C2SC1. The lowest BCUT2D eigenvalue weighted by Crippen LogP contribution is -2.71. The summed E-state index contributed by atoms with van der Waals surface area (Å²) in [7, 11) is 0. The second kappa shape index (κ2) is 13.6. The molecule has 0 aromatic heterocycles. The first-order valence-corrected chi connectivity index (χ1v) is 15.7. The molecule has 1 saturated heterocycles. The third-order valence-electron chi connectivity index (χ3n) is 6.95. The Morgan fingerprint density at radius 2 is 1.78 bits per heavy atom. The van der Waals surface area contributed by atoms with Crippen molar-refractivity contribution in [1.82, 2.24) is 15.5 Å². The summed E-state index contributed by atoms with van der Waals surface area (Å²) < 4.78 is 26.3. The number of nitrogens with zero attached hydrogens (tertiary/aromatic N) is 1. The zero-order valence-electron chi connectivity index (χ0n) is 26.8. The minimum absolute atomic E-state index is 0.158. The molecule has 46 heavy (non-hydrogen) atoms. The van der Waals surface area contributed by atoms with Crippen LogP contribution in [0.1, 0.15) is 65.6 Å². The van der Waals surface area contributed by atoms with Gasteiger partial charge in [0.15, 0.2) is 0 Å². The molecular weight excluding hydrogens is 622 g/mol. The Labute approximate surface area is 270 Å². The average molecular weight is 662 g/mol. The molecule has 250 valence electrons. The zero-order chi connectivity index (χ0) is 34.0. The Kier molecular flexibility index (Phi) is 10.2. The smallest absolute Gasteiger partial charge is 0.408 e. The van der Waals surface area contributed by atoms with Crippen molar-refractivity contribution in [2.45, 2.75) is 77.9 Å². The molecule has 2 N–H and O–H groups in total. The molecule has 3 amide bonds. The number of amides is 3. The normalized spacial score (nSPS) is 19.5. The van der Waals surface area contributed by atoms with Gasteiger partial charge in [0, 0.05) is 24.7 Å². The van der Waals surface area contributed by atoms with Crippen molar-refractivity contribution >= 4 is 47.6 Å². The number of benzene rings is 1. The van der Waals surface area contributed by atoms with Gasteiger partial charge in [0.25, 0.3) is 5.91 Å². The van der Waals surface area contributed by atoms with E-state index >= 15 is 0 Å². The van der Waals surface area contributed by atoms with E-state index in [9.17, 15) is 28.8 Å². The third kappa shape index (κ3) is 8.11. The molecule has 15 heteroatoms. The van der Waals surface area contributed by atoms with E-state index in [1.54, 1.807) is 59.7 Å². The highest BCUT2D eigenvalue weighted by Crippen LogP contribution is 2.41. The highest BCUT2D eigenvalue weighted by atomic mass is 32.2. The van der Waals surface area contributed by atoms with Gasteiger partial charge >= 0.3 is 24.0 Å². The van der Waals surface area contributed by atoms with Crippen LogP contribution in [0.2, 0.25) is 0 Å². The number of rotatable bonds is 9. The fourth-order valence-electron chi connectivity index (χ4n) is 4.74. The standard InChI is InChI=1S/C31H39N3O11S/c1-16(35)42-13-19-14-46-26-22(25(37)34(26)23(19)27(38)43-15-44-28(39)30(2,3)4)32-24(36)21(33-29(40)45-31(5,6)7)18-8-9-20-17(12-18)10-11-41-20/h8-9,12,21-22,26H,10-11,13-15H2,1-7H3,(H,32,36)(H,33,40). The van der Waals surface area contributed by atoms with Crippen LogP contribution in [0, 0.1) is 5.41 Å². The van der Waals surface area contributed by atoms with Crippen molar-refractivity contribution in [1.29, 1.82) is 0 Å². The number of carbonyl (C=O) groups excluding carboxylic acids is 6. The number of alkyl carbamates (subject to hydrolysis) is 1. The molecule has 0 spiro atoms. The van der Waals surface area contributed by atoms with Crippen LogP contribution in [0.25, 0.3) is 0 Å². The zero-order valence-corrected chi connectivity index (χ0v) is 27.7. The quantitative estimate of drug-likeness (QED) is 0.171. The maximum Gasteiger partial charge on any atom is 0.408 e. The molecule has 1 fully saturated rings. The summed E-state index contributed by atoms with van der Waals surface area (Å²) in [5, 5.41) is 4.61. The monoisotopic (exact) mass is 661 g/mol. The highest BCUT2D eigenvalue weighted by molar-refractivity contribution is 8.00. The fourth-order valence-corrected chi connectivity index (χ4v) is 6.07. The van der Waals surface area contributed by atoms with E-state index in [0.29, 0.717) is 29.9 Å². The van der Waals surface area contributed by atoms with E-state index in [1.165, 1.54) is 18.7 Å². The number of hydrogen-bond acceptors (Lipinski definition) is 12. The predicted molar refractivity (Wildman–Crippen MR) is 163 cm³/mol. The molecule has 4 rings (SSSR count). The van der Waals surface area contributed by atoms with Gasteiger partial charge in [0.1, 0.15) is 41.1 Å². The van der Waals surface area contributed by atoms with Gasteiger partial charge in [0.05, 0.1) is 12.0 Å². The molecule has 3 atom stereocenters. The Bertz CT molecular complexity index is 1460. The molecule has 1 aromatic carbocycles. The number of esters is 3. The minimum Gasteiger partial charge on any atom is -0.493 e. The van der Waals surface area contributed by atoms with E-state index in [-0.39, 0.29) is 18.1 Å². The number of thioether (sulfide) groups is 1. The van der Waals surface area contributed by atoms with Crippen LogP contribution in [0.4, 0.5) is 4.79 Å². The van der Waals surface area contributed by atoms with E-state index in [2.05, 4.69) is 10.6 Å². The number of β-lactam (4-membered cyclic amide) rings is 1. The minimum atomic E-state index is -1.21. The van der Waals surface area contributed by atoms with Crippen molar-refractivity contribution in [2.24, 2.45) is 5.41 Å². The fraction of sp³-hybridized carbons (Fsp3) is 0.548. The first-order chi connectivity index (χ1) is 21.5. The number of carbonyl (C=O) groups is 6. The third-order valence-corrected chi connectivity index (χ3v) is 8.29. The van der Waals surface area contributed by atoms with Crippen molar-refractivity contribution in [3.63, 3.8) is 0 Å². The summed E-state index contributed by atoms with van der Waals surface area (Å²) in [5.74, 6) is -2.58. The van der Waals surface area contributed by atoms with E-state index in [4.69, 9.17) is 23.7 Å². The lowest BCUT2D eigenvalue weighted by Gasteiger charge is -2.49. The second-order valence-electron chi connectivity index (χ2n) is 12.9. The van der Waals surface area contributed by atoms with Gasteiger partial charge in [0.2, 0.25) is 12.7 Å². The number of hydrogen-bond donors (Lipinski definition) is 2. The van der Waals surface area contributed by atoms with Gasteiger partial charge in [-0.3, -0.25) is 24.1 Å². The summed E-state index contributed by atoms with van der Waals surface area (Å²) >= 11 is 1.24. The summed E-state index contributed by atoms with van der Waals surface area (Å²) in [6, 6.07) is 2.86. The van der Waals surface area contributed by atoms with Crippen LogP contribution >= 0.6 is 11.8 Å². The van der Waals surface area contributed by atoms with Crippen LogP contribution in [-0.4, -0.2) is 83.5 Å². The van der Waals surface area contributed by atoms with Gasteiger partial charge in [-0.2, -0.15) is 0 Å². The van der Waals surface area contributed by atoms with Crippen molar-refractivity contribution in [3.8, 4) is 5.75 Å². The van der Waals surface area contributed by atoms with E-state index in [1.807, 2.05) is 0 Å². The van der Waals surface area contributed by atoms with Crippen LogP contribution in [0.5, 0.6) is 5.75 Å². The molecule has 0 aliphatic carbocycles. The first-order valence-electron chi connectivity index (χ1n) is 14.7. The number of nitrogens with one attached hydrogen (secondary N) is 2. The topological polar surface area (TPSA) is 176 Å². The lowest BCUT2D eigenvalue weighted by molar-refractivity contribution is -0.173. The average Bonchev–Trinajstić information content (AvgIpc) is 3.43. The Hall–Kier alpha value is -4.27. The molecule has 3 unspecified atom stereocenters. The van der Waals surface area contributed by atoms with Gasteiger partial charge in [-0.15, -0.1) is 11.8 Å². The Morgan fingerprint density at radius 1 is 1.07 bits per heavy atom. The van der Waals surface area contributed by atoms with Gasteiger partial charge in [-0.1, -0.05) is 6.07 Å². The number of fused-ring (bicyclic) bond motifs is 2. The summed E-state index contributed by atoms with van der Waals surface area (Å²) in [6.45, 7) is 10.7. The van der Waals surface area contributed by atoms with Gasteiger partial charge < -0.3 is 34.3 Å². The van der Waals surface area contributed by atoms with Crippen molar-refractivity contribution in [2.75, 3.05) is 25.8 Å². The molecule has 0 bridgehead atoms. The lowest BCUT2D eigenvalue weighted by atomic mass is 9.98. The molecule has 1 aromatic rings. The second-order valence-corrected chi connectivity index (χ2v) is 14.0. The molecule has 14 nitrogen and oxygen atoms in total. The van der Waals surface area contributed by atoms with Crippen molar-refractivity contribution < 1.29 is 52.5 Å². The molecule has 3 aliphatic rings. The molecule has 0 saturated carbocycles. The summed E-state index contributed by atoms with van der Waals surface area (Å²) in [6.07, 6.45) is -0.192. The van der Waals surface area contributed by atoms with Gasteiger partial charge in [-0.05, 0) is 64.8 Å².